The maximum atomic E-state index is 6.42. The number of ether oxygens (including phenoxy) is 1. The molecule has 1 saturated heterocycles. The second-order valence-corrected chi connectivity index (χ2v) is 9.15. The van der Waals surface area contributed by atoms with E-state index in [9.17, 15) is 0 Å². The van der Waals surface area contributed by atoms with Crippen LogP contribution < -0.4 is 15.5 Å². The number of anilines is 1. The Balaban J connectivity index is 1.48. The average Bonchev–Trinajstić information content (AvgIpc) is 2.77. The highest BCUT2D eigenvalue weighted by atomic mass is 35.5. The lowest BCUT2D eigenvalue weighted by Gasteiger charge is -2.33. The predicted octanol–water partition coefficient (Wildman–Crippen LogP) is 5.18. The van der Waals surface area contributed by atoms with Crippen molar-refractivity contribution < 1.29 is 4.74 Å². The molecule has 0 saturated carbocycles. The Morgan fingerprint density at radius 3 is 2.67 bits per heavy atom. The van der Waals surface area contributed by atoms with Crippen LogP contribution in [0.5, 0.6) is 0 Å². The smallest absolute Gasteiger partial charge is 0.133 e. The zero-order valence-electron chi connectivity index (χ0n) is 17.6. The summed E-state index contributed by atoms with van der Waals surface area (Å²) in [5.41, 5.74) is 4.83. The van der Waals surface area contributed by atoms with Crippen LogP contribution in [-0.2, 0) is 17.7 Å². The minimum atomic E-state index is -0.0708. The van der Waals surface area contributed by atoms with Crippen molar-refractivity contribution in [3.05, 3.63) is 63.1 Å². The molecule has 2 aliphatic heterocycles. The van der Waals surface area contributed by atoms with Gasteiger partial charge in [0, 0.05) is 48.0 Å². The van der Waals surface area contributed by atoms with Crippen LogP contribution in [0.3, 0.4) is 0 Å². The summed E-state index contributed by atoms with van der Waals surface area (Å²) in [6.07, 6.45) is 4.60. The highest BCUT2D eigenvalue weighted by Gasteiger charge is 2.22. The normalized spacial score (nSPS) is 18.3. The molecule has 0 bridgehead atoms. The summed E-state index contributed by atoms with van der Waals surface area (Å²) >= 11 is 12.8. The number of fused-ring (bicyclic) bond motifs is 1. The highest BCUT2D eigenvalue weighted by molar-refractivity contribution is 6.36. The minimum absolute atomic E-state index is 0.0708. The maximum Gasteiger partial charge on any atom is 0.133 e. The summed E-state index contributed by atoms with van der Waals surface area (Å²) in [5.74, 6) is 0.720. The van der Waals surface area contributed by atoms with Crippen LogP contribution in [-0.4, -0.2) is 33.3 Å². The molecule has 0 amide bonds. The number of methoxy groups -OCH3 is 1. The van der Waals surface area contributed by atoms with Crippen molar-refractivity contribution >= 4 is 28.9 Å². The third-order valence-corrected chi connectivity index (χ3v) is 7.03. The van der Waals surface area contributed by atoms with Crippen molar-refractivity contribution in [1.82, 2.24) is 10.6 Å². The zero-order chi connectivity index (χ0) is 20.9. The van der Waals surface area contributed by atoms with Gasteiger partial charge in [0.2, 0.25) is 0 Å². The molecule has 162 valence electrons. The summed E-state index contributed by atoms with van der Waals surface area (Å²) in [6.45, 7) is 4.97. The number of nitrogens with one attached hydrogen (secondary N) is 2. The Morgan fingerprint density at radius 1 is 1.17 bits per heavy atom. The van der Waals surface area contributed by atoms with Gasteiger partial charge >= 0.3 is 0 Å². The predicted molar refractivity (Wildman–Crippen MR) is 126 cm³/mol. The lowest BCUT2D eigenvalue weighted by Crippen LogP contribution is -2.35. The van der Waals surface area contributed by atoms with Crippen LogP contribution in [0.25, 0.3) is 0 Å². The molecule has 0 aliphatic carbocycles. The number of halogens is 2. The molecule has 0 radical (unpaired) electrons. The summed E-state index contributed by atoms with van der Waals surface area (Å²) in [4.78, 5) is 2.39. The van der Waals surface area contributed by atoms with E-state index in [1.165, 1.54) is 29.7 Å². The molecule has 1 atom stereocenters. The van der Waals surface area contributed by atoms with E-state index in [0.717, 1.165) is 67.1 Å². The summed E-state index contributed by atoms with van der Waals surface area (Å²) < 4.78 is 5.80. The molecule has 1 fully saturated rings. The van der Waals surface area contributed by atoms with Crippen molar-refractivity contribution in [2.24, 2.45) is 5.92 Å². The van der Waals surface area contributed by atoms with Gasteiger partial charge in [0.1, 0.15) is 6.23 Å². The Labute approximate surface area is 189 Å². The Bertz CT molecular complexity index is 834. The molecule has 2 aromatic rings. The standard InChI is InChI=1S/C24H31Cl2N3O/c1-30-24(28-15-17-9-11-27-12-10-17)19-7-8-23-18(14-19)4-3-13-29(23)16-20-21(25)5-2-6-22(20)26/h2,5-8,14,17,24,27-28H,3-4,9-13,15-16H2,1H3. The van der Waals surface area contributed by atoms with E-state index in [0.29, 0.717) is 0 Å². The van der Waals surface area contributed by atoms with Crippen LogP contribution in [0.2, 0.25) is 10.0 Å². The van der Waals surface area contributed by atoms with Gasteiger partial charge in [0.05, 0.1) is 0 Å². The van der Waals surface area contributed by atoms with Gasteiger partial charge in [-0.05, 0) is 80.1 Å². The fourth-order valence-electron chi connectivity index (χ4n) is 4.59. The molecule has 2 heterocycles. The first kappa shape index (κ1) is 21.9. The fourth-order valence-corrected chi connectivity index (χ4v) is 5.11. The van der Waals surface area contributed by atoms with E-state index < -0.39 is 0 Å². The quantitative estimate of drug-likeness (QED) is 0.573. The van der Waals surface area contributed by atoms with Gasteiger partial charge in [0.15, 0.2) is 0 Å². The van der Waals surface area contributed by atoms with Gasteiger partial charge < -0.3 is 15.0 Å². The molecule has 2 N–H and O–H groups in total. The molecule has 0 spiro atoms. The van der Waals surface area contributed by atoms with Gasteiger partial charge in [0.25, 0.3) is 0 Å². The van der Waals surface area contributed by atoms with Crippen molar-refractivity contribution in [2.45, 2.75) is 38.5 Å². The molecule has 4 nitrogen and oxygen atoms in total. The van der Waals surface area contributed by atoms with Crippen molar-refractivity contribution in [3.63, 3.8) is 0 Å². The van der Waals surface area contributed by atoms with E-state index in [2.05, 4.69) is 33.7 Å². The molecule has 1 unspecified atom stereocenters. The summed E-state index contributed by atoms with van der Waals surface area (Å²) in [7, 11) is 1.78. The first-order chi connectivity index (χ1) is 14.7. The SMILES string of the molecule is COC(NCC1CCNCC1)c1ccc2c(c1)CCCN2Cc1c(Cl)cccc1Cl. The van der Waals surface area contributed by atoms with E-state index in [1.807, 2.05) is 18.2 Å². The highest BCUT2D eigenvalue weighted by Crippen LogP contribution is 2.34. The van der Waals surface area contributed by atoms with Gasteiger partial charge in [-0.15, -0.1) is 0 Å². The number of nitrogens with zero attached hydrogens (tertiary/aromatic N) is 1. The van der Waals surface area contributed by atoms with Gasteiger partial charge in [-0.25, -0.2) is 0 Å². The van der Waals surface area contributed by atoms with Crippen LogP contribution >= 0.6 is 23.2 Å². The fraction of sp³-hybridized carbons (Fsp3) is 0.500. The number of rotatable bonds is 7. The third kappa shape index (κ3) is 5.12. The lowest BCUT2D eigenvalue weighted by atomic mass is 9.96. The van der Waals surface area contributed by atoms with Gasteiger partial charge in [-0.1, -0.05) is 35.3 Å². The minimum Gasteiger partial charge on any atom is -0.367 e. The monoisotopic (exact) mass is 447 g/mol. The maximum absolute atomic E-state index is 6.42. The van der Waals surface area contributed by atoms with Gasteiger partial charge in [-0.2, -0.15) is 0 Å². The number of aryl methyl sites for hydroxylation is 1. The molecule has 4 rings (SSSR count). The second kappa shape index (κ2) is 10.3. The Kier molecular flexibility index (Phi) is 7.55. The molecular weight excluding hydrogens is 417 g/mol. The van der Waals surface area contributed by atoms with Crippen molar-refractivity contribution in [1.29, 1.82) is 0 Å². The van der Waals surface area contributed by atoms with Crippen molar-refractivity contribution in [3.8, 4) is 0 Å². The molecule has 2 aromatic carbocycles. The van der Waals surface area contributed by atoms with Crippen LogP contribution in [0.1, 0.15) is 42.2 Å². The molecule has 2 aliphatic rings. The number of hydrogen-bond acceptors (Lipinski definition) is 4. The Morgan fingerprint density at radius 2 is 1.93 bits per heavy atom. The van der Waals surface area contributed by atoms with E-state index in [1.54, 1.807) is 7.11 Å². The first-order valence-electron chi connectivity index (χ1n) is 10.9. The Hall–Kier alpha value is -1.30. The van der Waals surface area contributed by atoms with Gasteiger partial charge in [-0.3, -0.25) is 5.32 Å². The van der Waals surface area contributed by atoms with Crippen LogP contribution in [0.15, 0.2) is 36.4 Å². The third-order valence-electron chi connectivity index (χ3n) is 6.32. The van der Waals surface area contributed by atoms with E-state index in [-0.39, 0.29) is 6.23 Å². The van der Waals surface area contributed by atoms with Crippen LogP contribution in [0, 0.1) is 5.92 Å². The first-order valence-corrected chi connectivity index (χ1v) is 11.7. The number of piperidine rings is 1. The average molecular weight is 448 g/mol. The number of benzene rings is 2. The largest absolute Gasteiger partial charge is 0.367 e. The topological polar surface area (TPSA) is 36.5 Å². The molecule has 0 aromatic heterocycles. The number of hydrogen-bond donors (Lipinski definition) is 2. The van der Waals surface area contributed by atoms with Crippen molar-refractivity contribution in [2.75, 3.05) is 38.2 Å². The molecular formula is C24H31Cl2N3O. The second-order valence-electron chi connectivity index (χ2n) is 8.33. The molecule has 30 heavy (non-hydrogen) atoms. The lowest BCUT2D eigenvalue weighted by molar-refractivity contribution is 0.0681. The van der Waals surface area contributed by atoms with E-state index in [4.69, 9.17) is 27.9 Å². The van der Waals surface area contributed by atoms with Crippen LogP contribution in [0.4, 0.5) is 5.69 Å². The zero-order valence-corrected chi connectivity index (χ0v) is 19.1. The summed E-state index contributed by atoms with van der Waals surface area (Å²) in [5, 5.41) is 8.52. The summed E-state index contributed by atoms with van der Waals surface area (Å²) in [6, 6.07) is 12.4. The van der Waals surface area contributed by atoms with E-state index >= 15 is 0 Å². The molecule has 6 heteroatoms.